The van der Waals surface area contributed by atoms with Gasteiger partial charge in [0.15, 0.2) is 11.4 Å². The second-order valence-electron chi connectivity index (χ2n) is 8.62. The monoisotopic (exact) mass is 456 g/mol. The average molecular weight is 457 g/mol. The maximum absolute atomic E-state index is 10.3. The van der Waals surface area contributed by atoms with Crippen LogP contribution in [0, 0.1) is 6.92 Å². The lowest BCUT2D eigenvalue weighted by atomic mass is 10.1. The van der Waals surface area contributed by atoms with Crippen molar-refractivity contribution >= 4 is 29.2 Å². The lowest BCUT2D eigenvalue weighted by Crippen LogP contribution is -2.49. The Morgan fingerprint density at radius 2 is 2.09 bits per heavy atom. The van der Waals surface area contributed by atoms with E-state index in [0.717, 1.165) is 54.7 Å². The minimum absolute atomic E-state index is 0.134. The minimum atomic E-state index is 0.134. The molecule has 0 spiro atoms. The molecule has 6 rings (SSSR count). The van der Waals surface area contributed by atoms with Crippen LogP contribution in [-0.4, -0.2) is 74.5 Å². The number of rotatable bonds is 2. The molecule has 9 nitrogen and oxygen atoms in total. The van der Waals surface area contributed by atoms with E-state index in [1.54, 1.807) is 6.21 Å². The van der Waals surface area contributed by atoms with Crippen molar-refractivity contribution in [2.75, 3.05) is 26.2 Å². The Morgan fingerprint density at radius 1 is 1.18 bits per heavy atom. The smallest absolute Gasteiger partial charge is 0.162 e. The number of ketones is 1. The van der Waals surface area contributed by atoms with Gasteiger partial charge in [-0.25, -0.2) is 14.5 Å². The van der Waals surface area contributed by atoms with E-state index in [9.17, 15) is 4.79 Å². The topological polar surface area (TPSA) is 90.5 Å². The normalized spacial score (nSPS) is 21.5. The highest BCUT2D eigenvalue weighted by Gasteiger charge is 2.22. The lowest BCUT2D eigenvalue weighted by molar-refractivity contribution is -0.113. The molecule has 0 saturated carbocycles. The van der Waals surface area contributed by atoms with E-state index >= 15 is 0 Å². The van der Waals surface area contributed by atoms with Crippen LogP contribution in [0.3, 0.4) is 0 Å². The zero-order valence-corrected chi connectivity index (χ0v) is 19.4. The number of amidine groups is 1. The van der Waals surface area contributed by atoms with Crippen molar-refractivity contribution in [2.24, 2.45) is 9.98 Å². The molecule has 0 bridgehead atoms. The summed E-state index contributed by atoms with van der Waals surface area (Å²) in [7, 11) is 0. The highest BCUT2D eigenvalue weighted by Crippen LogP contribution is 2.23. The van der Waals surface area contributed by atoms with Gasteiger partial charge in [0.1, 0.15) is 11.5 Å². The molecule has 2 aromatic rings. The number of allylic oxidation sites excluding steroid dienone is 2. The number of piperazine rings is 1. The van der Waals surface area contributed by atoms with Crippen LogP contribution in [0.4, 0.5) is 0 Å². The van der Waals surface area contributed by atoms with Gasteiger partial charge in [0.2, 0.25) is 0 Å². The fourth-order valence-corrected chi connectivity index (χ4v) is 4.18. The minimum Gasteiger partial charge on any atom is -0.368 e. The third-order valence-electron chi connectivity index (χ3n) is 5.88. The predicted molar refractivity (Wildman–Crippen MR) is 133 cm³/mol. The molecule has 9 heteroatoms. The SMILES string of the molecule is Cc1cn2nc(C3=CCN4C=C(N5CCN[C@@H](C)C5)C=CC4=N3)ccc2n1.O=C1C=CN=CC1. The molecule has 4 aliphatic heterocycles. The molecule has 0 aromatic carbocycles. The second kappa shape index (κ2) is 9.56. The van der Waals surface area contributed by atoms with Crippen LogP contribution in [0.5, 0.6) is 0 Å². The summed E-state index contributed by atoms with van der Waals surface area (Å²) in [4.78, 5) is 27.9. The van der Waals surface area contributed by atoms with Crippen molar-refractivity contribution in [2.45, 2.75) is 26.3 Å². The maximum atomic E-state index is 10.3. The zero-order chi connectivity index (χ0) is 23.5. The number of hydrogen-bond acceptors (Lipinski definition) is 8. The van der Waals surface area contributed by atoms with Gasteiger partial charge in [0.25, 0.3) is 0 Å². The fourth-order valence-electron chi connectivity index (χ4n) is 4.18. The summed E-state index contributed by atoms with van der Waals surface area (Å²) < 4.78 is 1.82. The predicted octanol–water partition coefficient (Wildman–Crippen LogP) is 2.34. The summed E-state index contributed by atoms with van der Waals surface area (Å²) in [5.74, 6) is 1.10. The molecule has 0 amide bonds. The maximum Gasteiger partial charge on any atom is 0.162 e. The first-order valence-electron chi connectivity index (χ1n) is 11.5. The number of nitrogens with zero attached hydrogens (tertiary/aromatic N) is 7. The summed E-state index contributed by atoms with van der Waals surface area (Å²) >= 11 is 0. The van der Waals surface area contributed by atoms with Crippen LogP contribution < -0.4 is 5.32 Å². The Balaban J connectivity index is 0.000000297. The van der Waals surface area contributed by atoms with Crippen molar-refractivity contribution in [3.05, 3.63) is 72.1 Å². The van der Waals surface area contributed by atoms with Gasteiger partial charge in [-0.2, -0.15) is 5.10 Å². The zero-order valence-electron chi connectivity index (χ0n) is 19.4. The number of nitrogens with one attached hydrogen (secondary N) is 1. The van der Waals surface area contributed by atoms with E-state index < -0.39 is 0 Å². The summed E-state index contributed by atoms with van der Waals surface area (Å²) in [5, 5.41) is 8.15. The van der Waals surface area contributed by atoms with Crippen LogP contribution in [0.25, 0.3) is 11.3 Å². The van der Waals surface area contributed by atoms with Crippen LogP contribution in [-0.2, 0) is 4.79 Å². The lowest BCUT2D eigenvalue weighted by Gasteiger charge is -2.37. The molecule has 1 saturated heterocycles. The summed E-state index contributed by atoms with van der Waals surface area (Å²) in [6, 6.07) is 4.50. The quantitative estimate of drug-likeness (QED) is 0.746. The number of carbonyl (C=O) groups excluding carboxylic acids is 1. The van der Waals surface area contributed by atoms with Crippen molar-refractivity contribution in [1.29, 1.82) is 0 Å². The van der Waals surface area contributed by atoms with Crippen molar-refractivity contribution in [3.63, 3.8) is 0 Å². The largest absolute Gasteiger partial charge is 0.368 e. The Hall–Kier alpha value is -3.85. The molecular formula is C25H28N8O. The van der Waals surface area contributed by atoms with Gasteiger partial charge in [-0.15, -0.1) is 0 Å². The molecule has 0 radical (unpaired) electrons. The van der Waals surface area contributed by atoms with Crippen molar-refractivity contribution in [1.82, 2.24) is 29.7 Å². The summed E-state index contributed by atoms with van der Waals surface area (Å²) in [5.41, 5.74) is 4.85. The van der Waals surface area contributed by atoms with E-state index in [0.29, 0.717) is 12.5 Å². The van der Waals surface area contributed by atoms with Gasteiger partial charge >= 0.3 is 0 Å². The molecule has 1 atom stereocenters. The number of imidazole rings is 1. The van der Waals surface area contributed by atoms with Gasteiger partial charge < -0.3 is 15.1 Å². The van der Waals surface area contributed by atoms with Crippen molar-refractivity contribution < 1.29 is 4.79 Å². The Labute approximate surface area is 198 Å². The Kier molecular flexibility index (Phi) is 6.18. The van der Waals surface area contributed by atoms with E-state index in [-0.39, 0.29) is 5.78 Å². The number of aromatic nitrogens is 3. The molecule has 0 aliphatic carbocycles. The van der Waals surface area contributed by atoms with E-state index in [2.05, 4.69) is 61.5 Å². The molecule has 174 valence electrons. The van der Waals surface area contributed by atoms with Gasteiger partial charge in [0.05, 0.1) is 23.3 Å². The fraction of sp³-hybridized carbons (Fsp3) is 0.320. The highest BCUT2D eigenvalue weighted by molar-refractivity contribution is 6.01. The average Bonchev–Trinajstić information content (AvgIpc) is 3.23. The molecule has 34 heavy (non-hydrogen) atoms. The second-order valence-corrected chi connectivity index (χ2v) is 8.62. The Bertz CT molecular complexity index is 1280. The third-order valence-corrected chi connectivity index (χ3v) is 5.88. The molecule has 6 heterocycles. The van der Waals surface area contributed by atoms with E-state index in [1.807, 2.05) is 29.8 Å². The van der Waals surface area contributed by atoms with E-state index in [4.69, 9.17) is 4.99 Å². The van der Waals surface area contributed by atoms with Crippen LogP contribution in [0.15, 0.2) is 70.7 Å². The van der Waals surface area contributed by atoms with Crippen LogP contribution >= 0.6 is 0 Å². The summed E-state index contributed by atoms with van der Waals surface area (Å²) in [6.45, 7) is 8.10. The number of hydrogen-bond donors (Lipinski definition) is 1. The van der Waals surface area contributed by atoms with Crippen LogP contribution in [0.1, 0.15) is 24.7 Å². The molecule has 1 fully saturated rings. The number of aryl methyl sites for hydroxylation is 1. The molecule has 2 aromatic heterocycles. The van der Waals surface area contributed by atoms with Crippen molar-refractivity contribution in [3.8, 4) is 0 Å². The molecule has 1 N–H and O–H groups in total. The number of carbonyl (C=O) groups is 1. The number of aliphatic imine (C=N–C) groups is 2. The number of fused-ring (bicyclic) bond motifs is 2. The van der Waals surface area contributed by atoms with E-state index in [1.165, 1.54) is 18.0 Å². The molecule has 4 aliphatic rings. The first kappa shape index (κ1) is 22.0. The Morgan fingerprint density at radius 3 is 2.85 bits per heavy atom. The van der Waals surface area contributed by atoms with Gasteiger partial charge in [-0.3, -0.25) is 9.79 Å². The standard InChI is InChI=1S/C20H23N7.C5H5NO/c1-14-11-25(10-8-21-14)16-3-5-19-23-17(7-9-26(19)13-16)18-4-6-20-22-15(2)12-27(20)24-18;7-5-1-3-6-4-2-5/h3-7,12-14,21H,8-11H2,1-2H3;1,3-4H,2H2/t14-;/m0./s1. The third kappa shape index (κ3) is 4.89. The van der Waals surface area contributed by atoms with Gasteiger partial charge in [-0.05, 0) is 50.3 Å². The first-order chi connectivity index (χ1) is 16.5. The first-order valence-corrected chi connectivity index (χ1v) is 11.5. The van der Waals surface area contributed by atoms with Gasteiger partial charge in [-0.1, -0.05) is 0 Å². The molecule has 0 unspecified atom stereocenters. The summed E-state index contributed by atoms with van der Waals surface area (Å²) in [6.07, 6.45) is 15.6. The molecular weight excluding hydrogens is 428 g/mol. The van der Waals surface area contributed by atoms with Crippen LogP contribution in [0.2, 0.25) is 0 Å². The highest BCUT2D eigenvalue weighted by atomic mass is 16.1. The van der Waals surface area contributed by atoms with Gasteiger partial charge in [0, 0.05) is 57.3 Å².